The monoisotopic (exact) mass is 1040 g/mol. The quantitative estimate of drug-likeness (QED) is 0.0318. The van der Waals surface area contributed by atoms with Gasteiger partial charge < -0.3 is 20.8 Å². The van der Waals surface area contributed by atoms with Crippen molar-refractivity contribution < 1.29 is 47.0 Å². The smallest absolute Gasteiger partial charge is 0.277 e. The van der Waals surface area contributed by atoms with E-state index in [2.05, 4.69) is 66.8 Å². The molecule has 6 N–H and O–H groups in total. The lowest BCUT2D eigenvalue weighted by atomic mass is 10.1. The first kappa shape index (κ1) is 44.1. The van der Waals surface area contributed by atoms with Crippen LogP contribution in [0.15, 0.2) is 48.5 Å². The Morgan fingerprint density at radius 2 is 1.25 bits per heavy atom. The SMILES string of the molecule is Cc1cc(I)ccc1Nc1c(C(=O)NOC(CO)C2CC2)cc(Cl)c(F)c1F.Cc1cc(I)ccc1Nc1c(C(=O)NOCC2CC2CO)cc(Cl)c(F)c1F. The van der Waals surface area contributed by atoms with E-state index in [0.717, 1.165) is 49.7 Å². The number of benzene rings is 4. The molecule has 2 aliphatic carbocycles. The fraction of sp³-hybridized carbons (Fsp3) is 0.316. The minimum Gasteiger partial charge on any atom is -0.396 e. The van der Waals surface area contributed by atoms with E-state index in [1.54, 1.807) is 31.2 Å². The molecule has 2 amide bonds. The van der Waals surface area contributed by atoms with Crippen LogP contribution in [0.4, 0.5) is 40.3 Å². The number of halogens is 8. The number of carbonyl (C=O) groups excluding carboxylic acids is 2. The van der Waals surface area contributed by atoms with Crippen molar-refractivity contribution in [1.82, 2.24) is 11.0 Å². The van der Waals surface area contributed by atoms with Crippen LogP contribution in [0.1, 0.15) is 51.1 Å². The number of nitrogens with one attached hydrogen (secondary N) is 4. The molecule has 4 aromatic carbocycles. The molecule has 2 aliphatic rings. The number of hydrogen-bond acceptors (Lipinski definition) is 8. The maximum Gasteiger partial charge on any atom is 0.277 e. The number of hydrogen-bond donors (Lipinski definition) is 6. The maximum atomic E-state index is 14.6. The lowest BCUT2D eigenvalue weighted by Crippen LogP contribution is -2.33. The largest absolute Gasteiger partial charge is 0.396 e. The minimum absolute atomic E-state index is 0.0736. The van der Waals surface area contributed by atoms with Crippen molar-refractivity contribution in [3.8, 4) is 0 Å². The van der Waals surface area contributed by atoms with Gasteiger partial charge in [0.15, 0.2) is 23.3 Å². The van der Waals surface area contributed by atoms with Gasteiger partial charge in [0.1, 0.15) is 6.10 Å². The normalized spacial score (nSPS) is 16.4. The summed E-state index contributed by atoms with van der Waals surface area (Å²) in [6, 6.07) is 12.8. The summed E-state index contributed by atoms with van der Waals surface area (Å²) >= 11 is 15.7. The van der Waals surface area contributed by atoms with Crippen LogP contribution in [0.25, 0.3) is 0 Å². The summed E-state index contributed by atoms with van der Waals surface area (Å²) in [6.07, 6.45) is 2.08. The Bertz CT molecular complexity index is 2120. The van der Waals surface area contributed by atoms with Crippen LogP contribution >= 0.6 is 68.4 Å². The third kappa shape index (κ3) is 11.1. The van der Waals surface area contributed by atoms with Crippen LogP contribution < -0.4 is 21.6 Å². The first-order valence-electron chi connectivity index (χ1n) is 17.1. The zero-order valence-corrected chi connectivity index (χ0v) is 35.5. The predicted molar refractivity (Wildman–Crippen MR) is 221 cm³/mol. The molecular weight excluding hydrogens is 1010 g/mol. The van der Waals surface area contributed by atoms with Crippen LogP contribution in [-0.2, 0) is 9.68 Å². The molecule has 300 valence electrons. The van der Waals surface area contributed by atoms with Gasteiger partial charge in [-0.3, -0.25) is 19.3 Å². The lowest BCUT2D eigenvalue weighted by molar-refractivity contribution is -0.0497. The maximum absolute atomic E-state index is 14.6. The number of hydroxylamine groups is 2. The molecule has 18 heteroatoms. The Hall–Kier alpha value is -2.98. The van der Waals surface area contributed by atoms with E-state index in [9.17, 15) is 32.3 Å². The van der Waals surface area contributed by atoms with Gasteiger partial charge in [-0.25, -0.2) is 28.5 Å². The number of aliphatic hydroxyl groups is 2. The number of aryl methyl sites for hydroxylation is 2. The Morgan fingerprint density at radius 3 is 1.66 bits per heavy atom. The standard InChI is InChI=1S/2C19H18ClF2IN2O3/c1-9-4-12(23)2-3-15(9)24-18-13(6-14(20)16(21)17(18)22)19(27)25-28-8-11-5-10(11)7-26;1-9-6-11(23)4-5-14(9)24-18-12(7-13(20)16(21)17(18)22)19(27)25-28-15(8-26)10-2-3-10/h2-4,6,10-11,24,26H,5,7-8H2,1H3,(H,25,27);4-7,10,15,24,26H,2-3,8H2,1H3,(H,25,27). The zero-order chi connectivity index (χ0) is 40.8. The summed E-state index contributed by atoms with van der Waals surface area (Å²) in [7, 11) is 0. The van der Waals surface area contributed by atoms with E-state index in [1.807, 2.05) is 19.1 Å². The van der Waals surface area contributed by atoms with Gasteiger partial charge in [-0.15, -0.1) is 0 Å². The topological polar surface area (TPSA) is 141 Å². The minimum atomic E-state index is -1.27. The van der Waals surface area contributed by atoms with E-state index in [4.69, 9.17) is 38.0 Å². The van der Waals surface area contributed by atoms with Gasteiger partial charge in [0.25, 0.3) is 11.8 Å². The van der Waals surface area contributed by atoms with Crippen LogP contribution in [-0.4, -0.2) is 48.0 Å². The van der Waals surface area contributed by atoms with Crippen LogP contribution in [0.3, 0.4) is 0 Å². The summed E-state index contributed by atoms with van der Waals surface area (Å²) < 4.78 is 59.2. The van der Waals surface area contributed by atoms with Gasteiger partial charge >= 0.3 is 0 Å². The van der Waals surface area contributed by atoms with Gasteiger partial charge in [0.2, 0.25) is 0 Å². The third-order valence-corrected chi connectivity index (χ3v) is 11.0. The van der Waals surface area contributed by atoms with Crippen molar-refractivity contribution >= 4 is 103 Å². The summed E-state index contributed by atoms with van der Waals surface area (Å²) in [4.78, 5) is 35.5. The van der Waals surface area contributed by atoms with Crippen LogP contribution in [0.5, 0.6) is 0 Å². The molecule has 10 nitrogen and oxygen atoms in total. The first-order valence-corrected chi connectivity index (χ1v) is 20.1. The summed E-state index contributed by atoms with van der Waals surface area (Å²) in [5.74, 6) is -6.05. The molecule has 0 aliphatic heterocycles. The van der Waals surface area contributed by atoms with E-state index in [-0.39, 0.29) is 60.1 Å². The Morgan fingerprint density at radius 1 is 0.768 bits per heavy atom. The summed E-state index contributed by atoms with van der Waals surface area (Å²) in [6.45, 7) is 3.66. The second-order valence-electron chi connectivity index (χ2n) is 13.3. The average Bonchev–Trinajstić information content (AvgIpc) is 4.11. The molecule has 0 spiro atoms. The molecule has 0 saturated heterocycles. The summed E-state index contributed by atoms with van der Waals surface area (Å²) in [5.41, 5.74) is 6.00. The van der Waals surface area contributed by atoms with Crippen molar-refractivity contribution in [3.05, 3.63) is 111 Å². The predicted octanol–water partition coefficient (Wildman–Crippen LogP) is 9.27. The molecule has 0 radical (unpaired) electrons. The highest BCUT2D eigenvalue weighted by molar-refractivity contribution is 14.1. The molecular formula is C38H36Cl2F4I2N4O6. The molecule has 2 fully saturated rings. The number of carbonyl (C=O) groups is 2. The molecule has 2 saturated carbocycles. The lowest BCUT2D eigenvalue weighted by Gasteiger charge is -2.18. The number of aliphatic hydroxyl groups excluding tert-OH is 2. The highest BCUT2D eigenvalue weighted by Gasteiger charge is 2.37. The van der Waals surface area contributed by atoms with Crippen molar-refractivity contribution in [2.75, 3.05) is 30.5 Å². The second kappa shape index (κ2) is 19.6. The molecule has 0 aromatic heterocycles. The van der Waals surface area contributed by atoms with Gasteiger partial charge in [-0.2, -0.15) is 0 Å². The molecule has 3 atom stereocenters. The van der Waals surface area contributed by atoms with E-state index in [1.165, 1.54) is 0 Å². The van der Waals surface area contributed by atoms with Crippen molar-refractivity contribution in [2.45, 2.75) is 39.2 Å². The second-order valence-corrected chi connectivity index (χ2v) is 16.6. The fourth-order valence-electron chi connectivity index (χ4n) is 5.54. The Labute approximate surface area is 357 Å². The van der Waals surface area contributed by atoms with Crippen LogP contribution in [0.2, 0.25) is 10.0 Å². The van der Waals surface area contributed by atoms with Crippen LogP contribution in [0, 0.1) is 62.0 Å². The van der Waals surface area contributed by atoms with Gasteiger partial charge in [-0.05, 0) is 156 Å². The fourth-order valence-corrected chi connectivity index (χ4v) is 7.22. The zero-order valence-electron chi connectivity index (χ0n) is 29.7. The van der Waals surface area contributed by atoms with Crippen molar-refractivity contribution in [2.24, 2.45) is 17.8 Å². The molecule has 0 heterocycles. The highest BCUT2D eigenvalue weighted by atomic mass is 127. The van der Waals surface area contributed by atoms with Gasteiger partial charge in [0, 0.05) is 25.1 Å². The van der Waals surface area contributed by atoms with Crippen molar-refractivity contribution in [3.63, 3.8) is 0 Å². The molecule has 3 unspecified atom stereocenters. The van der Waals surface area contributed by atoms with E-state index in [0.29, 0.717) is 11.4 Å². The van der Waals surface area contributed by atoms with Crippen molar-refractivity contribution in [1.29, 1.82) is 0 Å². The number of amides is 2. The van der Waals surface area contributed by atoms with Gasteiger partial charge in [-0.1, -0.05) is 23.2 Å². The number of anilines is 4. The Balaban J connectivity index is 0.000000214. The number of rotatable bonds is 14. The van der Waals surface area contributed by atoms with E-state index < -0.39 is 51.2 Å². The Kier molecular flexibility index (Phi) is 15.5. The van der Waals surface area contributed by atoms with E-state index >= 15 is 0 Å². The third-order valence-electron chi connectivity index (χ3n) is 9.11. The van der Waals surface area contributed by atoms with Gasteiger partial charge in [0.05, 0.1) is 45.8 Å². The first-order chi connectivity index (χ1) is 26.6. The highest BCUT2D eigenvalue weighted by Crippen LogP contribution is 2.38. The summed E-state index contributed by atoms with van der Waals surface area (Å²) in [5, 5.41) is 22.9. The average molecular weight is 1050 g/mol. The molecule has 56 heavy (non-hydrogen) atoms. The molecule has 4 aromatic rings. The molecule has 0 bridgehead atoms. The molecule has 6 rings (SSSR count).